The quantitative estimate of drug-likeness (QED) is 0.665. The van der Waals surface area contributed by atoms with Crippen molar-refractivity contribution in [1.82, 2.24) is 0 Å². The minimum absolute atomic E-state index is 0. The van der Waals surface area contributed by atoms with Crippen molar-refractivity contribution < 1.29 is 22.4 Å². The molecule has 1 heteroatoms. The first-order valence-corrected chi connectivity index (χ1v) is 2.00. The van der Waals surface area contributed by atoms with Crippen molar-refractivity contribution in [3.8, 4) is 0 Å². The Bertz CT molecular complexity index is 76.1. The van der Waals surface area contributed by atoms with Gasteiger partial charge >= 0.3 is 0 Å². The number of hydrogen-bond donors (Lipinski definition) is 0. The zero-order valence-electron chi connectivity index (χ0n) is 3.91. The van der Waals surface area contributed by atoms with E-state index >= 15 is 0 Å². The van der Waals surface area contributed by atoms with Gasteiger partial charge in [0.1, 0.15) is 0 Å². The molecule has 0 spiro atoms. The molecule has 1 aromatic rings. The SMILES string of the molecule is [Ta].c1ccccc1. The summed E-state index contributed by atoms with van der Waals surface area (Å²) in [5, 5.41) is 0. The summed E-state index contributed by atoms with van der Waals surface area (Å²) in [4.78, 5) is 0. The fraction of sp³-hybridized carbons (Fsp3) is 0. The van der Waals surface area contributed by atoms with Crippen molar-refractivity contribution in [3.05, 3.63) is 36.4 Å². The van der Waals surface area contributed by atoms with Crippen LogP contribution >= 0.6 is 0 Å². The molecular formula is C6H6Ta. The molecule has 0 saturated carbocycles. The Labute approximate surface area is 59.1 Å². The third kappa shape index (κ3) is 2.63. The largest absolute Gasteiger partial charge is 0.0623 e. The summed E-state index contributed by atoms with van der Waals surface area (Å²) in [6, 6.07) is 12.0. The fourth-order valence-corrected chi connectivity index (χ4v) is 0.385. The van der Waals surface area contributed by atoms with Crippen LogP contribution < -0.4 is 0 Å². The maximum Gasteiger partial charge on any atom is 0 e. The summed E-state index contributed by atoms with van der Waals surface area (Å²) >= 11 is 0. The zero-order chi connectivity index (χ0) is 4.24. The Balaban J connectivity index is 0.000000360. The third-order valence-corrected chi connectivity index (χ3v) is 0.667. The van der Waals surface area contributed by atoms with Gasteiger partial charge in [-0.25, -0.2) is 0 Å². The Morgan fingerprint density at radius 1 is 0.429 bits per heavy atom. The molecule has 0 heterocycles. The topological polar surface area (TPSA) is 0 Å². The minimum atomic E-state index is 0. The molecule has 0 N–H and O–H groups in total. The molecule has 0 saturated heterocycles. The summed E-state index contributed by atoms with van der Waals surface area (Å²) in [5.41, 5.74) is 0. The van der Waals surface area contributed by atoms with Crippen LogP contribution in [0.3, 0.4) is 0 Å². The zero-order valence-corrected chi connectivity index (χ0v) is 7.12. The maximum atomic E-state index is 2.00. The molecule has 1 radical (unpaired) electrons. The molecule has 0 unspecified atom stereocenters. The monoisotopic (exact) mass is 259 g/mol. The van der Waals surface area contributed by atoms with Gasteiger partial charge in [-0.1, -0.05) is 36.4 Å². The molecule has 0 aliphatic heterocycles. The number of benzene rings is 1. The maximum absolute atomic E-state index is 2.00. The molecule has 35 valence electrons. The van der Waals surface area contributed by atoms with Crippen LogP contribution in [0.2, 0.25) is 0 Å². The van der Waals surface area contributed by atoms with Crippen LogP contribution in [0.25, 0.3) is 0 Å². The van der Waals surface area contributed by atoms with E-state index in [0.717, 1.165) is 0 Å². The number of hydrogen-bond acceptors (Lipinski definition) is 0. The van der Waals surface area contributed by atoms with E-state index in [1.165, 1.54) is 0 Å². The van der Waals surface area contributed by atoms with Crippen LogP contribution in [0.1, 0.15) is 0 Å². The minimum Gasteiger partial charge on any atom is -0.0623 e. The van der Waals surface area contributed by atoms with Gasteiger partial charge < -0.3 is 0 Å². The van der Waals surface area contributed by atoms with E-state index < -0.39 is 0 Å². The van der Waals surface area contributed by atoms with E-state index in [-0.39, 0.29) is 22.4 Å². The summed E-state index contributed by atoms with van der Waals surface area (Å²) in [6.45, 7) is 0. The third-order valence-electron chi connectivity index (χ3n) is 0.667. The van der Waals surface area contributed by atoms with Gasteiger partial charge in [0.15, 0.2) is 0 Å². The Kier molecular flexibility index (Phi) is 4.10. The van der Waals surface area contributed by atoms with Gasteiger partial charge in [-0.3, -0.25) is 0 Å². The predicted molar refractivity (Wildman–Crippen MR) is 26.4 cm³/mol. The molecule has 0 atom stereocenters. The molecule has 0 aliphatic carbocycles. The van der Waals surface area contributed by atoms with Crippen molar-refractivity contribution in [2.75, 3.05) is 0 Å². The molecular weight excluding hydrogens is 253 g/mol. The first kappa shape index (κ1) is 6.96. The van der Waals surface area contributed by atoms with Gasteiger partial charge in [0.05, 0.1) is 0 Å². The Hall–Kier alpha value is -0.0397. The van der Waals surface area contributed by atoms with Gasteiger partial charge in [-0.2, -0.15) is 0 Å². The van der Waals surface area contributed by atoms with Crippen LogP contribution in [-0.2, 0) is 22.4 Å². The van der Waals surface area contributed by atoms with Gasteiger partial charge in [0.2, 0.25) is 0 Å². The second-order valence-corrected chi connectivity index (χ2v) is 1.15. The molecule has 1 rings (SSSR count). The van der Waals surface area contributed by atoms with E-state index in [1.54, 1.807) is 0 Å². The van der Waals surface area contributed by atoms with Crippen LogP contribution in [0.5, 0.6) is 0 Å². The van der Waals surface area contributed by atoms with Gasteiger partial charge in [0, 0.05) is 22.4 Å². The fourth-order valence-electron chi connectivity index (χ4n) is 0.385. The van der Waals surface area contributed by atoms with E-state index in [2.05, 4.69) is 0 Å². The average Bonchev–Trinajstić information content (AvgIpc) is 1.72. The van der Waals surface area contributed by atoms with Crippen LogP contribution in [0.4, 0.5) is 0 Å². The second-order valence-electron chi connectivity index (χ2n) is 1.15. The normalized spacial score (nSPS) is 6.86. The van der Waals surface area contributed by atoms with Gasteiger partial charge in [-0.15, -0.1) is 0 Å². The predicted octanol–water partition coefficient (Wildman–Crippen LogP) is 1.68. The molecule has 7 heavy (non-hydrogen) atoms. The molecule has 0 aromatic heterocycles. The molecule has 0 bridgehead atoms. The van der Waals surface area contributed by atoms with Crippen LogP contribution in [-0.4, -0.2) is 0 Å². The molecule has 0 fully saturated rings. The van der Waals surface area contributed by atoms with Crippen molar-refractivity contribution in [1.29, 1.82) is 0 Å². The first-order chi connectivity index (χ1) is 3.00. The van der Waals surface area contributed by atoms with Crippen LogP contribution in [0.15, 0.2) is 36.4 Å². The van der Waals surface area contributed by atoms with Crippen molar-refractivity contribution >= 4 is 0 Å². The van der Waals surface area contributed by atoms with Crippen molar-refractivity contribution in [3.63, 3.8) is 0 Å². The summed E-state index contributed by atoms with van der Waals surface area (Å²) in [7, 11) is 0. The van der Waals surface area contributed by atoms with Crippen molar-refractivity contribution in [2.45, 2.75) is 0 Å². The molecule has 1 aromatic carbocycles. The first-order valence-electron chi connectivity index (χ1n) is 2.00. The van der Waals surface area contributed by atoms with E-state index in [4.69, 9.17) is 0 Å². The van der Waals surface area contributed by atoms with Crippen molar-refractivity contribution in [2.24, 2.45) is 0 Å². The summed E-state index contributed by atoms with van der Waals surface area (Å²) in [5.74, 6) is 0. The van der Waals surface area contributed by atoms with E-state index in [1.807, 2.05) is 36.4 Å². The number of rotatable bonds is 0. The standard InChI is InChI=1S/C6H6.Ta/c1-2-4-6-5-3-1;/h1-6H;. The smallest absolute Gasteiger partial charge is 0 e. The van der Waals surface area contributed by atoms with Gasteiger partial charge in [-0.05, 0) is 0 Å². The second kappa shape index (κ2) is 4.13. The summed E-state index contributed by atoms with van der Waals surface area (Å²) in [6.07, 6.45) is 0. The summed E-state index contributed by atoms with van der Waals surface area (Å²) < 4.78 is 0. The van der Waals surface area contributed by atoms with Crippen LogP contribution in [0, 0.1) is 0 Å². The average molecular weight is 259 g/mol. The molecule has 0 nitrogen and oxygen atoms in total. The Morgan fingerprint density at radius 2 is 0.571 bits per heavy atom. The Morgan fingerprint density at radius 3 is 0.714 bits per heavy atom. The van der Waals surface area contributed by atoms with E-state index in [0.29, 0.717) is 0 Å². The van der Waals surface area contributed by atoms with Gasteiger partial charge in [0.25, 0.3) is 0 Å². The van der Waals surface area contributed by atoms with E-state index in [9.17, 15) is 0 Å². The molecule has 0 amide bonds. The molecule has 0 aliphatic rings.